The van der Waals surface area contributed by atoms with Crippen molar-refractivity contribution >= 4 is 40.6 Å². The van der Waals surface area contributed by atoms with Crippen LogP contribution in [0.15, 0.2) is 58.3 Å². The van der Waals surface area contributed by atoms with Crippen LogP contribution in [0.2, 0.25) is 5.02 Å². The van der Waals surface area contributed by atoms with E-state index in [0.717, 1.165) is 32.8 Å². The van der Waals surface area contributed by atoms with Gasteiger partial charge in [0.05, 0.1) is 12.1 Å². The molecule has 3 nitrogen and oxygen atoms in total. The van der Waals surface area contributed by atoms with Gasteiger partial charge in [-0.25, -0.2) is 4.98 Å². The molecule has 0 radical (unpaired) electrons. The number of halogens is 1. The van der Waals surface area contributed by atoms with Crippen LogP contribution in [0.5, 0.6) is 0 Å². The summed E-state index contributed by atoms with van der Waals surface area (Å²) in [5.41, 5.74) is 4.53. The van der Waals surface area contributed by atoms with Gasteiger partial charge in [0, 0.05) is 22.7 Å². The van der Waals surface area contributed by atoms with Gasteiger partial charge in [-0.15, -0.1) is 11.3 Å². The predicted octanol–water partition coefficient (Wildman–Crippen LogP) is 5.30. The number of thioether (sulfide) groups is 1. The molecule has 0 fully saturated rings. The minimum atomic E-state index is 0.00403. The van der Waals surface area contributed by atoms with Crippen molar-refractivity contribution in [3.63, 3.8) is 0 Å². The molecule has 0 unspecified atom stereocenters. The largest absolute Gasteiger partial charge is 0.355 e. The topological polar surface area (TPSA) is 42.0 Å². The maximum Gasteiger partial charge on any atom is 0.226 e. The van der Waals surface area contributed by atoms with Gasteiger partial charge >= 0.3 is 0 Å². The lowest BCUT2D eigenvalue weighted by Gasteiger charge is -2.04. The second kappa shape index (κ2) is 9.93. The van der Waals surface area contributed by atoms with Gasteiger partial charge in [0.15, 0.2) is 0 Å². The van der Waals surface area contributed by atoms with Gasteiger partial charge < -0.3 is 5.32 Å². The van der Waals surface area contributed by atoms with Crippen molar-refractivity contribution in [2.75, 3.05) is 6.54 Å². The third-order valence-corrected chi connectivity index (χ3v) is 6.40. The normalized spacial score (nSPS) is 10.7. The highest BCUT2D eigenvalue weighted by atomic mass is 35.5. The van der Waals surface area contributed by atoms with Crippen LogP contribution in [-0.4, -0.2) is 17.4 Å². The van der Waals surface area contributed by atoms with Crippen molar-refractivity contribution in [2.24, 2.45) is 0 Å². The monoisotopic (exact) mass is 416 g/mol. The first-order valence-corrected chi connectivity index (χ1v) is 11.0. The second-order valence-corrected chi connectivity index (χ2v) is 8.80. The van der Waals surface area contributed by atoms with Crippen LogP contribution in [0, 0.1) is 6.92 Å². The predicted molar refractivity (Wildman–Crippen MR) is 115 cm³/mol. The van der Waals surface area contributed by atoms with E-state index in [1.807, 2.05) is 29.6 Å². The average molecular weight is 417 g/mol. The third kappa shape index (κ3) is 6.69. The molecule has 0 aliphatic rings. The first-order valence-electron chi connectivity index (χ1n) is 8.72. The van der Waals surface area contributed by atoms with Crippen molar-refractivity contribution < 1.29 is 4.79 Å². The highest BCUT2D eigenvalue weighted by molar-refractivity contribution is 8.00. The van der Waals surface area contributed by atoms with Gasteiger partial charge in [-0.05, 0) is 36.6 Å². The summed E-state index contributed by atoms with van der Waals surface area (Å²) in [4.78, 5) is 16.7. The first-order chi connectivity index (χ1) is 13.1. The number of amides is 1. The van der Waals surface area contributed by atoms with Gasteiger partial charge in [0.2, 0.25) is 5.91 Å². The van der Waals surface area contributed by atoms with Crippen LogP contribution in [-0.2, 0) is 23.4 Å². The summed E-state index contributed by atoms with van der Waals surface area (Å²) < 4.78 is 1.000. The number of carbonyl (C=O) groups is 1. The van der Waals surface area contributed by atoms with Crippen LogP contribution in [0.4, 0.5) is 0 Å². The molecule has 1 N–H and O–H groups in total. The Morgan fingerprint density at radius 2 is 1.81 bits per heavy atom. The Labute approximate surface area is 173 Å². The van der Waals surface area contributed by atoms with Gasteiger partial charge in [-0.2, -0.15) is 0 Å². The number of benzene rings is 2. The zero-order chi connectivity index (χ0) is 19.1. The number of nitrogens with one attached hydrogen (secondary N) is 1. The molecule has 1 aromatic heterocycles. The van der Waals surface area contributed by atoms with Crippen LogP contribution < -0.4 is 5.32 Å². The summed E-state index contributed by atoms with van der Waals surface area (Å²) in [5.74, 6) is 0.893. The highest BCUT2D eigenvalue weighted by Gasteiger charge is 2.08. The number of nitrogens with zero attached hydrogens (tertiary/aromatic N) is 1. The quantitative estimate of drug-likeness (QED) is 0.506. The number of carbonyl (C=O) groups excluding carboxylic acids is 1. The van der Waals surface area contributed by atoms with E-state index < -0.39 is 0 Å². The Balaban J connectivity index is 1.40. The summed E-state index contributed by atoms with van der Waals surface area (Å²) in [6.07, 6.45) is 1.11. The maximum atomic E-state index is 12.1. The zero-order valence-electron chi connectivity index (χ0n) is 15.1. The molecule has 0 spiro atoms. The Morgan fingerprint density at radius 3 is 2.56 bits per heavy atom. The molecule has 1 amide bonds. The van der Waals surface area contributed by atoms with Crippen LogP contribution >= 0.6 is 34.7 Å². The van der Waals surface area contributed by atoms with Gasteiger partial charge in [0.25, 0.3) is 0 Å². The van der Waals surface area contributed by atoms with Gasteiger partial charge in [-0.3, -0.25) is 4.79 Å². The van der Waals surface area contributed by atoms with Gasteiger partial charge in [-0.1, -0.05) is 65.3 Å². The lowest BCUT2D eigenvalue weighted by molar-refractivity contribution is -0.120. The van der Waals surface area contributed by atoms with E-state index in [2.05, 4.69) is 41.5 Å². The van der Waals surface area contributed by atoms with Crippen LogP contribution in [0.3, 0.4) is 0 Å². The number of hydrogen-bond donors (Lipinski definition) is 1. The molecule has 0 saturated carbocycles. The van der Waals surface area contributed by atoms with E-state index in [-0.39, 0.29) is 5.91 Å². The fraction of sp³-hybridized carbons (Fsp3) is 0.238. The fourth-order valence-electron chi connectivity index (χ4n) is 2.49. The average Bonchev–Trinajstić information content (AvgIpc) is 3.10. The van der Waals surface area contributed by atoms with E-state index in [9.17, 15) is 4.79 Å². The van der Waals surface area contributed by atoms with Crippen molar-refractivity contribution in [3.05, 3.63) is 81.3 Å². The smallest absolute Gasteiger partial charge is 0.226 e. The summed E-state index contributed by atoms with van der Waals surface area (Å²) in [6, 6.07) is 16.2. The fourth-order valence-corrected chi connectivity index (χ4v) is 4.42. The molecular formula is C21H21ClN2OS2. The van der Waals surface area contributed by atoms with Crippen molar-refractivity contribution in [1.82, 2.24) is 10.3 Å². The Morgan fingerprint density at radius 1 is 1.11 bits per heavy atom. The van der Waals surface area contributed by atoms with E-state index >= 15 is 0 Å². The van der Waals surface area contributed by atoms with Crippen molar-refractivity contribution in [1.29, 1.82) is 0 Å². The first kappa shape index (κ1) is 19.9. The number of rotatable bonds is 8. The Hall–Kier alpha value is -1.82. The Kier molecular flexibility index (Phi) is 7.33. The molecule has 0 aliphatic carbocycles. The zero-order valence-corrected chi connectivity index (χ0v) is 17.5. The van der Waals surface area contributed by atoms with Crippen molar-refractivity contribution in [2.45, 2.75) is 29.9 Å². The molecule has 6 heteroatoms. The lowest BCUT2D eigenvalue weighted by Crippen LogP contribution is -2.27. The maximum absolute atomic E-state index is 12.1. The molecule has 3 aromatic rings. The van der Waals surface area contributed by atoms with Gasteiger partial charge in [0.1, 0.15) is 4.34 Å². The molecule has 27 heavy (non-hydrogen) atoms. The van der Waals surface area contributed by atoms with E-state index in [1.54, 1.807) is 23.1 Å². The number of hydrogen-bond acceptors (Lipinski definition) is 4. The number of thiazole rings is 1. The van der Waals surface area contributed by atoms with Crippen molar-refractivity contribution in [3.8, 4) is 0 Å². The summed E-state index contributed by atoms with van der Waals surface area (Å²) in [7, 11) is 0. The van der Waals surface area contributed by atoms with E-state index in [0.29, 0.717) is 13.0 Å². The molecule has 1 heterocycles. The standard InChI is InChI=1S/C21H21ClN2OS2/c1-15-2-4-17(5-3-15)13-26-21-24-19(14-27-21)12-20(25)23-11-10-16-6-8-18(22)9-7-16/h2-9,14H,10-13H2,1H3,(H,23,25). The van der Waals surface area contributed by atoms with E-state index in [1.165, 1.54) is 11.1 Å². The summed E-state index contributed by atoms with van der Waals surface area (Å²) in [5, 5.41) is 5.65. The SMILES string of the molecule is Cc1ccc(CSc2nc(CC(=O)NCCc3ccc(Cl)cc3)cs2)cc1. The molecule has 0 saturated heterocycles. The Bertz CT molecular complexity index is 876. The van der Waals surface area contributed by atoms with E-state index in [4.69, 9.17) is 11.6 Å². The summed E-state index contributed by atoms with van der Waals surface area (Å²) in [6.45, 7) is 2.70. The second-order valence-electron chi connectivity index (χ2n) is 6.28. The highest BCUT2D eigenvalue weighted by Crippen LogP contribution is 2.26. The molecule has 2 aromatic carbocycles. The molecule has 3 rings (SSSR count). The minimum Gasteiger partial charge on any atom is -0.355 e. The molecule has 140 valence electrons. The lowest BCUT2D eigenvalue weighted by atomic mass is 10.1. The minimum absolute atomic E-state index is 0.00403. The number of aryl methyl sites for hydroxylation is 1. The summed E-state index contributed by atoms with van der Waals surface area (Å²) >= 11 is 9.18. The molecule has 0 bridgehead atoms. The molecule has 0 atom stereocenters. The third-order valence-electron chi connectivity index (χ3n) is 4.00. The molecule has 0 aliphatic heterocycles. The molecular weight excluding hydrogens is 396 g/mol. The van der Waals surface area contributed by atoms with Crippen LogP contribution in [0.1, 0.15) is 22.4 Å². The number of aromatic nitrogens is 1. The van der Waals surface area contributed by atoms with Crippen LogP contribution in [0.25, 0.3) is 0 Å².